The van der Waals surface area contributed by atoms with Crippen LogP contribution in [0.25, 0.3) is 16.9 Å². The van der Waals surface area contributed by atoms with Crippen molar-refractivity contribution in [2.24, 2.45) is 0 Å². The Balaban J connectivity index is 2.26. The minimum atomic E-state index is 0.433. The number of nitrogens with two attached hydrogens (primary N) is 1. The van der Waals surface area contributed by atoms with Gasteiger partial charge in [0.15, 0.2) is 5.65 Å². The van der Waals surface area contributed by atoms with Gasteiger partial charge in [0.05, 0.1) is 12.8 Å². The number of benzene rings is 1. The molecule has 0 atom stereocenters. The van der Waals surface area contributed by atoms with E-state index in [1.807, 2.05) is 48.7 Å². The molecule has 0 fully saturated rings. The minimum absolute atomic E-state index is 0.433. The van der Waals surface area contributed by atoms with Crippen LogP contribution >= 0.6 is 0 Å². The number of ether oxygens (including phenoxy) is 1. The third kappa shape index (κ3) is 1.87. The van der Waals surface area contributed by atoms with Gasteiger partial charge < -0.3 is 10.5 Å². The molecule has 0 aliphatic carbocycles. The highest BCUT2D eigenvalue weighted by Gasteiger charge is 2.12. The van der Waals surface area contributed by atoms with Gasteiger partial charge in [0, 0.05) is 5.69 Å². The number of methoxy groups -OCH3 is 1. The molecule has 2 heterocycles. The van der Waals surface area contributed by atoms with Crippen LogP contribution in [0.15, 0.2) is 30.3 Å². The molecule has 5 heteroatoms. The quantitative estimate of drug-likeness (QED) is 0.776. The summed E-state index contributed by atoms with van der Waals surface area (Å²) in [6.07, 6.45) is 0. The SMILES string of the molecule is COc1ccc(-n2c(N)nc3ccc(C)nc32)cc1C. The third-order valence-electron chi connectivity index (χ3n) is 3.31. The number of imidazole rings is 1. The van der Waals surface area contributed by atoms with Crippen molar-refractivity contribution in [3.63, 3.8) is 0 Å². The first-order valence-electron chi connectivity index (χ1n) is 6.37. The van der Waals surface area contributed by atoms with Crippen molar-refractivity contribution in [3.8, 4) is 11.4 Å². The van der Waals surface area contributed by atoms with Crippen LogP contribution < -0.4 is 10.5 Å². The summed E-state index contributed by atoms with van der Waals surface area (Å²) in [6, 6.07) is 9.75. The zero-order valence-corrected chi connectivity index (χ0v) is 11.7. The van der Waals surface area contributed by atoms with E-state index >= 15 is 0 Å². The van der Waals surface area contributed by atoms with E-state index in [9.17, 15) is 0 Å². The molecule has 3 aromatic rings. The normalized spacial score (nSPS) is 10.9. The number of nitrogen functional groups attached to an aromatic ring is 1. The lowest BCUT2D eigenvalue weighted by Gasteiger charge is -2.10. The van der Waals surface area contributed by atoms with Crippen LogP contribution in [0.2, 0.25) is 0 Å². The Morgan fingerprint density at radius 2 is 1.90 bits per heavy atom. The summed E-state index contributed by atoms with van der Waals surface area (Å²) in [6.45, 7) is 3.95. The van der Waals surface area contributed by atoms with E-state index in [1.165, 1.54) is 0 Å². The first-order valence-corrected chi connectivity index (χ1v) is 6.37. The summed E-state index contributed by atoms with van der Waals surface area (Å²) in [5.74, 6) is 1.28. The number of aromatic nitrogens is 3. The molecule has 102 valence electrons. The Kier molecular flexibility index (Phi) is 2.82. The van der Waals surface area contributed by atoms with Gasteiger partial charge in [0.1, 0.15) is 11.3 Å². The van der Waals surface area contributed by atoms with Gasteiger partial charge in [0.2, 0.25) is 5.95 Å². The maximum absolute atomic E-state index is 6.04. The number of nitrogens with zero attached hydrogens (tertiary/aromatic N) is 3. The molecule has 1 aromatic carbocycles. The highest BCUT2D eigenvalue weighted by molar-refractivity contribution is 5.77. The zero-order chi connectivity index (χ0) is 14.3. The van der Waals surface area contributed by atoms with Crippen molar-refractivity contribution >= 4 is 17.1 Å². The summed E-state index contributed by atoms with van der Waals surface area (Å²) in [5.41, 5.74) is 10.5. The maximum Gasteiger partial charge on any atom is 0.207 e. The van der Waals surface area contributed by atoms with Gasteiger partial charge in [-0.05, 0) is 49.7 Å². The summed E-state index contributed by atoms with van der Waals surface area (Å²) >= 11 is 0. The molecule has 3 rings (SSSR count). The molecule has 0 unspecified atom stereocenters. The van der Waals surface area contributed by atoms with Crippen molar-refractivity contribution in [2.45, 2.75) is 13.8 Å². The van der Waals surface area contributed by atoms with Gasteiger partial charge in [-0.3, -0.25) is 4.57 Å². The number of rotatable bonds is 2. The van der Waals surface area contributed by atoms with Gasteiger partial charge >= 0.3 is 0 Å². The van der Waals surface area contributed by atoms with Crippen LogP contribution in [0.4, 0.5) is 5.95 Å². The fraction of sp³-hybridized carbons (Fsp3) is 0.200. The van der Waals surface area contributed by atoms with E-state index in [0.717, 1.165) is 33.9 Å². The predicted octanol–water partition coefficient (Wildman–Crippen LogP) is 2.63. The van der Waals surface area contributed by atoms with Crippen molar-refractivity contribution in [3.05, 3.63) is 41.6 Å². The number of hydrogen-bond acceptors (Lipinski definition) is 4. The maximum atomic E-state index is 6.04. The number of aryl methyl sites for hydroxylation is 2. The lowest BCUT2D eigenvalue weighted by atomic mass is 10.2. The topological polar surface area (TPSA) is 66.0 Å². The molecule has 0 amide bonds. The molecule has 5 nitrogen and oxygen atoms in total. The summed E-state index contributed by atoms with van der Waals surface area (Å²) in [5, 5.41) is 0. The Labute approximate surface area is 117 Å². The molecule has 0 radical (unpaired) electrons. The van der Waals surface area contributed by atoms with E-state index in [0.29, 0.717) is 5.95 Å². The van der Waals surface area contributed by atoms with Crippen LogP contribution in [-0.2, 0) is 0 Å². The molecule has 0 aliphatic rings. The Bertz CT molecular complexity index is 792. The number of pyridine rings is 1. The predicted molar refractivity (Wildman–Crippen MR) is 79.3 cm³/mol. The number of fused-ring (bicyclic) bond motifs is 1. The van der Waals surface area contributed by atoms with Crippen LogP contribution in [0.5, 0.6) is 5.75 Å². The van der Waals surface area contributed by atoms with Gasteiger partial charge in [0.25, 0.3) is 0 Å². The molecule has 2 N–H and O–H groups in total. The molecule has 0 aliphatic heterocycles. The van der Waals surface area contributed by atoms with Crippen molar-refractivity contribution < 1.29 is 4.74 Å². The Morgan fingerprint density at radius 1 is 1.10 bits per heavy atom. The van der Waals surface area contributed by atoms with Gasteiger partial charge in [-0.15, -0.1) is 0 Å². The molecule has 0 bridgehead atoms. The average molecular weight is 268 g/mol. The highest BCUT2D eigenvalue weighted by atomic mass is 16.5. The fourth-order valence-electron chi connectivity index (χ4n) is 2.33. The van der Waals surface area contributed by atoms with Crippen LogP contribution in [0, 0.1) is 13.8 Å². The Hall–Kier alpha value is -2.56. The Morgan fingerprint density at radius 3 is 2.60 bits per heavy atom. The molecule has 0 saturated heterocycles. The van der Waals surface area contributed by atoms with Crippen LogP contribution in [0.3, 0.4) is 0 Å². The van der Waals surface area contributed by atoms with E-state index in [4.69, 9.17) is 10.5 Å². The van der Waals surface area contributed by atoms with Crippen molar-refractivity contribution in [1.82, 2.24) is 14.5 Å². The second-order valence-corrected chi connectivity index (χ2v) is 4.75. The van der Waals surface area contributed by atoms with Gasteiger partial charge in [-0.25, -0.2) is 9.97 Å². The monoisotopic (exact) mass is 268 g/mol. The average Bonchev–Trinajstić information content (AvgIpc) is 2.74. The molecule has 0 saturated carbocycles. The van der Waals surface area contributed by atoms with Crippen LogP contribution in [-0.4, -0.2) is 21.6 Å². The van der Waals surface area contributed by atoms with E-state index < -0.39 is 0 Å². The summed E-state index contributed by atoms with van der Waals surface area (Å²) in [4.78, 5) is 8.88. The molecule has 20 heavy (non-hydrogen) atoms. The lowest BCUT2D eigenvalue weighted by Crippen LogP contribution is -2.02. The first kappa shape index (κ1) is 12.5. The second kappa shape index (κ2) is 4.52. The van der Waals surface area contributed by atoms with Gasteiger partial charge in [-0.1, -0.05) is 0 Å². The largest absolute Gasteiger partial charge is 0.496 e. The van der Waals surface area contributed by atoms with E-state index in [2.05, 4.69) is 9.97 Å². The molecular weight excluding hydrogens is 252 g/mol. The van der Waals surface area contributed by atoms with Crippen LogP contribution in [0.1, 0.15) is 11.3 Å². The number of hydrogen-bond donors (Lipinski definition) is 1. The molecule has 2 aromatic heterocycles. The zero-order valence-electron chi connectivity index (χ0n) is 11.7. The lowest BCUT2D eigenvalue weighted by molar-refractivity contribution is 0.411. The third-order valence-corrected chi connectivity index (χ3v) is 3.31. The van der Waals surface area contributed by atoms with Gasteiger partial charge in [-0.2, -0.15) is 0 Å². The summed E-state index contributed by atoms with van der Waals surface area (Å²) in [7, 11) is 1.66. The fourth-order valence-corrected chi connectivity index (χ4v) is 2.33. The molecular formula is C15H16N4O. The standard InChI is InChI=1S/C15H16N4O/c1-9-8-11(5-7-13(9)20-3)19-14-12(18-15(19)16)6-4-10(2)17-14/h4-8H,1-3H3,(H2,16,18). The number of anilines is 1. The summed E-state index contributed by atoms with van der Waals surface area (Å²) < 4.78 is 7.14. The molecule has 0 spiro atoms. The minimum Gasteiger partial charge on any atom is -0.496 e. The van der Waals surface area contributed by atoms with Crippen molar-refractivity contribution in [2.75, 3.05) is 12.8 Å². The van der Waals surface area contributed by atoms with E-state index in [1.54, 1.807) is 7.11 Å². The van der Waals surface area contributed by atoms with Crippen molar-refractivity contribution in [1.29, 1.82) is 0 Å². The highest BCUT2D eigenvalue weighted by Crippen LogP contribution is 2.26. The second-order valence-electron chi connectivity index (χ2n) is 4.75. The smallest absolute Gasteiger partial charge is 0.207 e. The van der Waals surface area contributed by atoms with E-state index in [-0.39, 0.29) is 0 Å². The first-order chi connectivity index (χ1) is 9.60.